The Balaban J connectivity index is 1.89. The number of ether oxygens (including phenoxy) is 1. The van der Waals surface area contributed by atoms with E-state index in [0.717, 1.165) is 4.90 Å². The maximum Gasteiger partial charge on any atom is 0.355 e. The van der Waals surface area contributed by atoms with Gasteiger partial charge in [0.25, 0.3) is 5.91 Å². The van der Waals surface area contributed by atoms with Gasteiger partial charge in [-0.1, -0.05) is 0 Å². The molecule has 2 aliphatic rings. The number of Topliss-reactive ketones (excluding diaryl/α,β-unsaturated/α-hetero) is 1. The third-order valence-electron chi connectivity index (χ3n) is 3.94. The first-order chi connectivity index (χ1) is 11.5. The molecule has 0 aliphatic carbocycles. The summed E-state index contributed by atoms with van der Waals surface area (Å²) in [6, 6.07) is 5.22. The average Bonchev–Trinajstić information content (AvgIpc) is 3.09. The van der Waals surface area contributed by atoms with E-state index in [9.17, 15) is 19.2 Å². The molecule has 1 aromatic carbocycles. The molecule has 0 unspecified atom stereocenters. The summed E-state index contributed by atoms with van der Waals surface area (Å²) in [6.45, 7) is 3.22. The maximum atomic E-state index is 12.6. The predicted molar refractivity (Wildman–Crippen MR) is 83.4 cm³/mol. The van der Waals surface area contributed by atoms with Crippen molar-refractivity contribution in [3.63, 3.8) is 0 Å². The fourth-order valence-corrected chi connectivity index (χ4v) is 2.76. The Labute approximate surface area is 137 Å². The SMILES string of the molecule is CCOC(=O)C1=NN[C@@H]2C(=O)N(c3ccc(C(C)=O)cc3)C(=O)[C@@H]12. The van der Waals surface area contributed by atoms with E-state index in [-0.39, 0.29) is 18.1 Å². The smallest absolute Gasteiger partial charge is 0.355 e. The molecule has 1 N–H and O–H groups in total. The van der Waals surface area contributed by atoms with Gasteiger partial charge in [-0.15, -0.1) is 0 Å². The molecular formula is C16H15N3O5. The van der Waals surface area contributed by atoms with Crippen LogP contribution < -0.4 is 10.3 Å². The quantitative estimate of drug-likeness (QED) is 0.483. The number of fused-ring (bicyclic) bond motifs is 1. The van der Waals surface area contributed by atoms with Crippen molar-refractivity contribution in [2.24, 2.45) is 11.0 Å². The van der Waals surface area contributed by atoms with Gasteiger partial charge in [-0.25, -0.2) is 9.69 Å². The minimum absolute atomic E-state index is 0.0944. The highest BCUT2D eigenvalue weighted by atomic mass is 16.5. The Morgan fingerprint density at radius 3 is 2.46 bits per heavy atom. The molecule has 1 aromatic rings. The zero-order valence-corrected chi connectivity index (χ0v) is 13.1. The summed E-state index contributed by atoms with van der Waals surface area (Å²) in [4.78, 5) is 49.3. The number of amides is 2. The molecule has 0 spiro atoms. The first-order valence-electron chi connectivity index (χ1n) is 7.44. The second-order valence-electron chi connectivity index (χ2n) is 5.42. The van der Waals surface area contributed by atoms with Gasteiger partial charge >= 0.3 is 5.97 Å². The number of benzene rings is 1. The molecule has 8 heteroatoms. The molecule has 8 nitrogen and oxygen atoms in total. The summed E-state index contributed by atoms with van der Waals surface area (Å²) < 4.78 is 4.87. The molecule has 2 heterocycles. The van der Waals surface area contributed by atoms with E-state index in [1.165, 1.54) is 19.1 Å². The second kappa shape index (κ2) is 5.88. The standard InChI is InChI=1S/C16H15N3O5/c1-3-24-16(23)13-11-12(17-18-13)15(22)19(14(11)21)10-6-4-9(5-7-10)8(2)20/h4-7,11-12,17H,3H2,1-2H3/t11-,12+/m1/s1. The highest BCUT2D eigenvalue weighted by molar-refractivity contribution is 6.46. The summed E-state index contributed by atoms with van der Waals surface area (Å²) in [7, 11) is 0. The molecule has 124 valence electrons. The van der Waals surface area contributed by atoms with Crippen molar-refractivity contribution < 1.29 is 23.9 Å². The highest BCUT2D eigenvalue weighted by Gasteiger charge is 2.55. The van der Waals surface area contributed by atoms with Crippen LogP contribution in [0.4, 0.5) is 5.69 Å². The van der Waals surface area contributed by atoms with Gasteiger partial charge < -0.3 is 4.74 Å². The number of imide groups is 1. The topological polar surface area (TPSA) is 105 Å². The zero-order valence-electron chi connectivity index (χ0n) is 13.1. The van der Waals surface area contributed by atoms with Crippen LogP contribution in [0.3, 0.4) is 0 Å². The third kappa shape index (κ3) is 2.36. The lowest BCUT2D eigenvalue weighted by molar-refractivity contribution is -0.136. The van der Waals surface area contributed by atoms with Crippen LogP contribution in [0.2, 0.25) is 0 Å². The number of carbonyl (C=O) groups excluding carboxylic acids is 4. The lowest BCUT2D eigenvalue weighted by Crippen LogP contribution is -2.36. The van der Waals surface area contributed by atoms with Crippen molar-refractivity contribution in [2.75, 3.05) is 11.5 Å². The van der Waals surface area contributed by atoms with Crippen LogP contribution in [0.25, 0.3) is 0 Å². The molecule has 0 bridgehead atoms. The molecule has 0 radical (unpaired) electrons. The maximum absolute atomic E-state index is 12.6. The summed E-state index contributed by atoms with van der Waals surface area (Å²) in [5, 5.41) is 3.78. The predicted octanol–water partition coefficient (Wildman–Crippen LogP) is 0.269. The number of esters is 1. The summed E-state index contributed by atoms with van der Waals surface area (Å²) in [6.07, 6.45) is 0. The molecule has 0 aromatic heterocycles. The largest absolute Gasteiger partial charge is 0.461 e. The molecule has 0 saturated carbocycles. The Morgan fingerprint density at radius 1 is 1.21 bits per heavy atom. The lowest BCUT2D eigenvalue weighted by Gasteiger charge is -2.15. The second-order valence-corrected chi connectivity index (χ2v) is 5.42. The number of nitrogens with one attached hydrogen (secondary N) is 1. The normalized spacial score (nSPS) is 22.1. The fourth-order valence-electron chi connectivity index (χ4n) is 2.76. The number of hydrazone groups is 1. The van der Waals surface area contributed by atoms with Gasteiger partial charge in [-0.05, 0) is 38.1 Å². The molecule has 2 aliphatic heterocycles. The monoisotopic (exact) mass is 329 g/mol. The number of hydrogen-bond acceptors (Lipinski definition) is 7. The average molecular weight is 329 g/mol. The number of ketones is 1. The van der Waals surface area contributed by atoms with Gasteiger partial charge in [-0.2, -0.15) is 5.10 Å². The molecule has 3 rings (SSSR count). The molecule has 1 fully saturated rings. The van der Waals surface area contributed by atoms with Gasteiger partial charge in [0.05, 0.1) is 12.3 Å². The van der Waals surface area contributed by atoms with Crippen molar-refractivity contribution >= 4 is 35.0 Å². The van der Waals surface area contributed by atoms with Crippen LogP contribution in [0, 0.1) is 5.92 Å². The Kier molecular flexibility index (Phi) is 3.88. The van der Waals surface area contributed by atoms with Crippen molar-refractivity contribution in [1.82, 2.24) is 5.43 Å². The first kappa shape index (κ1) is 15.9. The van der Waals surface area contributed by atoms with Crippen LogP contribution in [0.15, 0.2) is 29.4 Å². The Hall–Kier alpha value is -3.03. The van der Waals surface area contributed by atoms with Crippen molar-refractivity contribution in [1.29, 1.82) is 0 Å². The van der Waals surface area contributed by atoms with Crippen molar-refractivity contribution in [3.8, 4) is 0 Å². The number of nitrogens with zero attached hydrogens (tertiary/aromatic N) is 2. The number of rotatable bonds is 4. The van der Waals surface area contributed by atoms with Crippen LogP contribution in [0.5, 0.6) is 0 Å². The van der Waals surface area contributed by atoms with E-state index in [2.05, 4.69) is 10.5 Å². The van der Waals surface area contributed by atoms with Crippen molar-refractivity contribution in [2.45, 2.75) is 19.9 Å². The molecular weight excluding hydrogens is 314 g/mol. The molecule has 2 atom stereocenters. The van der Waals surface area contributed by atoms with Gasteiger partial charge in [0.2, 0.25) is 5.91 Å². The Bertz CT molecular complexity index is 768. The third-order valence-corrected chi connectivity index (χ3v) is 3.94. The summed E-state index contributed by atoms with van der Waals surface area (Å²) >= 11 is 0. The van der Waals surface area contributed by atoms with Gasteiger partial charge in [0, 0.05) is 5.56 Å². The summed E-state index contributed by atoms with van der Waals surface area (Å²) in [5.74, 6) is -2.87. The molecule has 1 saturated heterocycles. The van der Waals surface area contributed by atoms with Crippen LogP contribution in [0.1, 0.15) is 24.2 Å². The lowest BCUT2D eigenvalue weighted by atomic mass is 9.99. The van der Waals surface area contributed by atoms with E-state index in [4.69, 9.17) is 4.74 Å². The minimum Gasteiger partial charge on any atom is -0.461 e. The van der Waals surface area contributed by atoms with E-state index < -0.39 is 29.7 Å². The minimum atomic E-state index is -0.996. The van der Waals surface area contributed by atoms with Gasteiger partial charge in [0.15, 0.2) is 11.5 Å². The number of carbonyl (C=O) groups is 4. The van der Waals surface area contributed by atoms with E-state index >= 15 is 0 Å². The van der Waals surface area contributed by atoms with E-state index in [1.54, 1.807) is 19.1 Å². The first-order valence-corrected chi connectivity index (χ1v) is 7.44. The van der Waals surface area contributed by atoms with E-state index in [0.29, 0.717) is 11.3 Å². The Morgan fingerprint density at radius 2 is 1.88 bits per heavy atom. The van der Waals surface area contributed by atoms with Gasteiger partial charge in [0.1, 0.15) is 12.0 Å². The zero-order chi connectivity index (χ0) is 17.4. The van der Waals surface area contributed by atoms with E-state index in [1.807, 2.05) is 0 Å². The fraction of sp³-hybridized carbons (Fsp3) is 0.312. The highest BCUT2D eigenvalue weighted by Crippen LogP contribution is 2.31. The van der Waals surface area contributed by atoms with Crippen LogP contribution in [-0.4, -0.2) is 41.9 Å². The molecule has 24 heavy (non-hydrogen) atoms. The van der Waals surface area contributed by atoms with Crippen molar-refractivity contribution in [3.05, 3.63) is 29.8 Å². The molecule has 2 amide bonds. The number of hydrogen-bond donors (Lipinski definition) is 1. The van der Waals surface area contributed by atoms with Crippen LogP contribution >= 0.6 is 0 Å². The van der Waals surface area contributed by atoms with Gasteiger partial charge in [-0.3, -0.25) is 19.8 Å². The summed E-state index contributed by atoms with van der Waals surface area (Å²) in [5.41, 5.74) is 3.26. The van der Waals surface area contributed by atoms with Crippen LogP contribution in [-0.2, 0) is 19.1 Å². The number of anilines is 1.